The summed E-state index contributed by atoms with van der Waals surface area (Å²) in [6.45, 7) is 9.10. The zero-order valence-corrected chi connectivity index (χ0v) is 13.1. The van der Waals surface area contributed by atoms with Crippen LogP contribution in [0.4, 0.5) is 0 Å². The Morgan fingerprint density at radius 3 is 2.95 bits per heavy atom. The van der Waals surface area contributed by atoms with E-state index in [-0.39, 0.29) is 0 Å². The van der Waals surface area contributed by atoms with Crippen LogP contribution in [0.25, 0.3) is 11.5 Å². The number of aryl methyl sites for hydroxylation is 1. The SMILES string of the molecule is CC(C)CN1CC[C@H](Cn2cc(-c3nccn3C)nn2)C1. The Bertz CT molecular complexity index is 585. The number of hydrogen-bond donors (Lipinski definition) is 0. The molecule has 1 fully saturated rings. The van der Waals surface area contributed by atoms with E-state index in [4.69, 9.17) is 0 Å². The molecule has 0 unspecified atom stereocenters. The second-order valence-electron chi connectivity index (χ2n) is 6.50. The first-order valence-electron chi connectivity index (χ1n) is 7.72. The van der Waals surface area contributed by atoms with Crippen LogP contribution in [0.2, 0.25) is 0 Å². The van der Waals surface area contributed by atoms with Gasteiger partial charge in [0.15, 0.2) is 5.82 Å². The van der Waals surface area contributed by atoms with E-state index in [2.05, 4.69) is 34.0 Å². The van der Waals surface area contributed by atoms with Gasteiger partial charge in [0.05, 0.1) is 6.20 Å². The molecule has 0 N–H and O–H groups in total. The molecule has 6 heteroatoms. The molecule has 3 rings (SSSR count). The molecule has 21 heavy (non-hydrogen) atoms. The summed E-state index contributed by atoms with van der Waals surface area (Å²) >= 11 is 0. The standard InChI is InChI=1S/C15H24N6/c1-12(2)8-20-6-4-13(9-20)10-21-11-14(17-18-21)15-16-5-7-19(15)3/h5,7,11-13H,4,6,8-10H2,1-3H3/t13-/m0/s1. The summed E-state index contributed by atoms with van der Waals surface area (Å²) in [7, 11) is 1.97. The van der Waals surface area contributed by atoms with Gasteiger partial charge >= 0.3 is 0 Å². The van der Waals surface area contributed by atoms with E-state index in [1.165, 1.54) is 26.1 Å². The van der Waals surface area contributed by atoms with Crippen molar-refractivity contribution in [2.75, 3.05) is 19.6 Å². The van der Waals surface area contributed by atoms with E-state index in [0.29, 0.717) is 5.92 Å². The van der Waals surface area contributed by atoms with Gasteiger partial charge in [-0.1, -0.05) is 19.1 Å². The summed E-state index contributed by atoms with van der Waals surface area (Å²) in [5.74, 6) is 2.29. The molecule has 0 spiro atoms. The molecule has 1 aliphatic rings. The maximum absolute atomic E-state index is 4.31. The summed E-state index contributed by atoms with van der Waals surface area (Å²) < 4.78 is 3.93. The zero-order valence-electron chi connectivity index (χ0n) is 13.1. The van der Waals surface area contributed by atoms with Gasteiger partial charge < -0.3 is 9.47 Å². The third-order valence-electron chi connectivity index (χ3n) is 4.03. The van der Waals surface area contributed by atoms with Crippen LogP contribution in [0.15, 0.2) is 18.6 Å². The highest BCUT2D eigenvalue weighted by Crippen LogP contribution is 2.20. The fourth-order valence-corrected chi connectivity index (χ4v) is 3.11. The highest BCUT2D eigenvalue weighted by Gasteiger charge is 2.23. The lowest BCUT2D eigenvalue weighted by atomic mass is 10.1. The molecule has 0 radical (unpaired) electrons. The minimum atomic E-state index is 0.680. The molecule has 6 nitrogen and oxygen atoms in total. The topological polar surface area (TPSA) is 51.8 Å². The van der Waals surface area contributed by atoms with Crippen LogP contribution in [0, 0.1) is 11.8 Å². The maximum atomic E-state index is 4.31. The first-order chi connectivity index (χ1) is 10.1. The lowest BCUT2D eigenvalue weighted by Crippen LogP contribution is -2.26. The van der Waals surface area contributed by atoms with Crippen molar-refractivity contribution in [1.29, 1.82) is 0 Å². The van der Waals surface area contributed by atoms with Gasteiger partial charge in [0, 0.05) is 39.1 Å². The second-order valence-corrected chi connectivity index (χ2v) is 6.50. The van der Waals surface area contributed by atoms with E-state index in [9.17, 15) is 0 Å². The van der Waals surface area contributed by atoms with Gasteiger partial charge in [0.25, 0.3) is 0 Å². The van der Waals surface area contributed by atoms with E-state index in [0.717, 1.165) is 24.0 Å². The monoisotopic (exact) mass is 288 g/mol. The number of rotatable bonds is 5. The predicted octanol–water partition coefficient (Wildman–Crippen LogP) is 1.66. The fourth-order valence-electron chi connectivity index (χ4n) is 3.11. The van der Waals surface area contributed by atoms with Crippen LogP contribution in [0.5, 0.6) is 0 Å². The molecule has 1 saturated heterocycles. The Labute approximate surface area is 125 Å². The molecule has 2 aromatic rings. The van der Waals surface area contributed by atoms with Gasteiger partial charge in [-0.15, -0.1) is 5.10 Å². The summed E-state index contributed by atoms with van der Waals surface area (Å²) in [4.78, 5) is 6.88. The molecule has 1 atom stereocenters. The Morgan fingerprint density at radius 1 is 1.38 bits per heavy atom. The average molecular weight is 288 g/mol. The van der Waals surface area contributed by atoms with Crippen molar-refractivity contribution < 1.29 is 0 Å². The van der Waals surface area contributed by atoms with Gasteiger partial charge in [-0.25, -0.2) is 4.98 Å². The third kappa shape index (κ3) is 3.32. The van der Waals surface area contributed by atoms with Crippen LogP contribution >= 0.6 is 0 Å². The van der Waals surface area contributed by atoms with E-state index >= 15 is 0 Å². The van der Waals surface area contributed by atoms with E-state index < -0.39 is 0 Å². The number of hydrogen-bond acceptors (Lipinski definition) is 4. The molecular formula is C15H24N6. The van der Waals surface area contributed by atoms with Crippen LogP contribution in [-0.2, 0) is 13.6 Å². The summed E-state index contributed by atoms with van der Waals surface area (Å²) in [5, 5.41) is 8.50. The molecule has 2 aromatic heterocycles. The highest BCUT2D eigenvalue weighted by atomic mass is 15.4. The fraction of sp³-hybridized carbons (Fsp3) is 0.667. The number of aromatic nitrogens is 5. The van der Waals surface area contributed by atoms with E-state index in [1.54, 1.807) is 6.20 Å². The molecule has 0 aliphatic carbocycles. The summed E-state index contributed by atoms with van der Waals surface area (Å²) in [5.41, 5.74) is 0.847. The molecule has 114 valence electrons. The lowest BCUT2D eigenvalue weighted by molar-refractivity contribution is 0.280. The number of imidazole rings is 1. The molecule has 3 heterocycles. The van der Waals surface area contributed by atoms with Gasteiger partial charge in [-0.3, -0.25) is 4.68 Å². The highest BCUT2D eigenvalue weighted by molar-refractivity contribution is 5.46. The minimum absolute atomic E-state index is 0.680. The van der Waals surface area contributed by atoms with Crippen molar-refractivity contribution in [3.05, 3.63) is 18.6 Å². The Morgan fingerprint density at radius 2 is 2.24 bits per heavy atom. The van der Waals surface area contributed by atoms with Crippen molar-refractivity contribution in [2.24, 2.45) is 18.9 Å². The van der Waals surface area contributed by atoms with Crippen molar-refractivity contribution >= 4 is 0 Å². The summed E-state index contributed by atoms with van der Waals surface area (Å²) in [6, 6.07) is 0. The van der Waals surface area contributed by atoms with Crippen LogP contribution in [-0.4, -0.2) is 49.1 Å². The second kappa shape index (κ2) is 5.97. The van der Waals surface area contributed by atoms with Gasteiger partial charge in [0.2, 0.25) is 0 Å². The van der Waals surface area contributed by atoms with Crippen molar-refractivity contribution in [2.45, 2.75) is 26.8 Å². The van der Waals surface area contributed by atoms with Crippen molar-refractivity contribution in [1.82, 2.24) is 29.4 Å². The molecule has 0 amide bonds. The molecule has 0 bridgehead atoms. The van der Waals surface area contributed by atoms with Crippen LogP contribution < -0.4 is 0 Å². The normalized spacial score (nSPS) is 19.7. The zero-order chi connectivity index (χ0) is 14.8. The van der Waals surface area contributed by atoms with Gasteiger partial charge in [-0.05, 0) is 24.8 Å². The molecular weight excluding hydrogens is 264 g/mol. The van der Waals surface area contributed by atoms with Crippen LogP contribution in [0.1, 0.15) is 20.3 Å². The first-order valence-corrected chi connectivity index (χ1v) is 7.72. The first kappa shape index (κ1) is 14.3. The largest absolute Gasteiger partial charge is 0.333 e. The predicted molar refractivity (Wildman–Crippen MR) is 81.6 cm³/mol. The smallest absolute Gasteiger partial charge is 0.161 e. The average Bonchev–Trinajstić information content (AvgIpc) is 3.11. The molecule has 0 saturated carbocycles. The minimum Gasteiger partial charge on any atom is -0.333 e. The summed E-state index contributed by atoms with van der Waals surface area (Å²) in [6.07, 6.45) is 6.97. The van der Waals surface area contributed by atoms with Crippen molar-refractivity contribution in [3.63, 3.8) is 0 Å². The molecule has 0 aromatic carbocycles. The molecule has 1 aliphatic heterocycles. The van der Waals surface area contributed by atoms with Crippen molar-refractivity contribution in [3.8, 4) is 11.5 Å². The maximum Gasteiger partial charge on any atom is 0.161 e. The Hall–Kier alpha value is -1.69. The number of nitrogens with zero attached hydrogens (tertiary/aromatic N) is 6. The van der Waals surface area contributed by atoms with Gasteiger partial charge in [0.1, 0.15) is 5.69 Å². The van der Waals surface area contributed by atoms with E-state index in [1.807, 2.05) is 28.7 Å². The quantitative estimate of drug-likeness (QED) is 0.839. The Kier molecular flexibility index (Phi) is 4.05. The number of likely N-dealkylation sites (tertiary alicyclic amines) is 1. The van der Waals surface area contributed by atoms with Gasteiger partial charge in [-0.2, -0.15) is 0 Å². The lowest BCUT2D eigenvalue weighted by Gasteiger charge is -2.18. The van der Waals surface area contributed by atoms with Crippen LogP contribution in [0.3, 0.4) is 0 Å². The Balaban J connectivity index is 1.60. The third-order valence-corrected chi connectivity index (χ3v) is 4.03.